The van der Waals surface area contributed by atoms with Gasteiger partial charge in [0.2, 0.25) is 0 Å². The van der Waals surface area contributed by atoms with Gasteiger partial charge in [0.15, 0.2) is 0 Å². The van der Waals surface area contributed by atoms with E-state index in [-0.39, 0.29) is 22.3 Å². The van der Waals surface area contributed by atoms with Gasteiger partial charge in [0.1, 0.15) is 10.8 Å². The molecule has 0 spiro atoms. The summed E-state index contributed by atoms with van der Waals surface area (Å²) in [6, 6.07) is 6.69. The highest BCUT2D eigenvalue weighted by Crippen LogP contribution is 2.14. The van der Waals surface area contributed by atoms with Gasteiger partial charge < -0.3 is 5.11 Å². The van der Waals surface area contributed by atoms with Gasteiger partial charge in [-0.05, 0) is 17.7 Å². The second-order valence-corrected chi connectivity index (χ2v) is 4.57. The van der Waals surface area contributed by atoms with Gasteiger partial charge in [-0.15, -0.1) is 0 Å². The number of hydrogen-bond acceptors (Lipinski definition) is 3. The van der Waals surface area contributed by atoms with Crippen molar-refractivity contribution in [1.29, 1.82) is 0 Å². The van der Waals surface area contributed by atoms with Crippen LogP contribution in [0.1, 0.15) is 5.56 Å². The van der Waals surface area contributed by atoms with Gasteiger partial charge in [-0.2, -0.15) is 5.10 Å². The summed E-state index contributed by atoms with van der Waals surface area (Å²) in [5.41, 5.74) is 0.482. The zero-order valence-corrected chi connectivity index (χ0v) is 11.3. The van der Waals surface area contributed by atoms with E-state index in [2.05, 4.69) is 5.10 Å². The van der Waals surface area contributed by atoms with E-state index in [4.69, 9.17) is 28.3 Å². The molecule has 0 aliphatic carbocycles. The highest BCUT2D eigenvalue weighted by atomic mass is 35.5. The maximum Gasteiger partial charge on any atom is 0.287 e. The van der Waals surface area contributed by atoms with Crippen molar-refractivity contribution in [2.24, 2.45) is 0 Å². The molecule has 0 aliphatic heterocycles. The number of phenolic OH excluding ortho intramolecular Hbond substituents is 1. The minimum Gasteiger partial charge on any atom is -0.508 e. The molecule has 4 nitrogen and oxygen atoms in total. The van der Waals surface area contributed by atoms with Crippen LogP contribution in [0.2, 0.25) is 10.0 Å². The van der Waals surface area contributed by atoms with Crippen molar-refractivity contribution in [2.45, 2.75) is 6.54 Å². The average molecular weight is 297 g/mol. The smallest absolute Gasteiger partial charge is 0.287 e. The van der Waals surface area contributed by atoms with Gasteiger partial charge in [0, 0.05) is 0 Å². The Morgan fingerprint density at radius 1 is 1.26 bits per heavy atom. The third kappa shape index (κ3) is 3.36. The molecule has 1 aromatic heterocycles. The second kappa shape index (κ2) is 5.91. The molecule has 0 atom stereocenters. The lowest BCUT2D eigenvalue weighted by molar-refractivity contribution is 0.475. The van der Waals surface area contributed by atoms with Crippen molar-refractivity contribution in [3.8, 4) is 5.75 Å². The van der Waals surface area contributed by atoms with Crippen molar-refractivity contribution in [1.82, 2.24) is 9.78 Å². The Morgan fingerprint density at radius 2 is 1.95 bits per heavy atom. The fraction of sp³-hybridized carbons (Fsp3) is 0.0769. The molecule has 0 bridgehead atoms. The Bertz CT molecular complexity index is 663. The van der Waals surface area contributed by atoms with E-state index in [0.717, 1.165) is 5.56 Å². The standard InChI is InChI=1S/C13H10Cl2N2O2/c14-11-8-16-17(13(19)12(11)15)7-1-2-9-3-5-10(18)6-4-9/h1-6,8,18H,7H2. The first kappa shape index (κ1) is 13.6. The van der Waals surface area contributed by atoms with Crippen LogP contribution >= 0.6 is 23.2 Å². The Morgan fingerprint density at radius 3 is 2.63 bits per heavy atom. The maximum atomic E-state index is 11.7. The fourth-order valence-electron chi connectivity index (χ4n) is 1.45. The SMILES string of the molecule is O=c1c(Cl)c(Cl)cnn1CC=Cc1ccc(O)cc1. The predicted molar refractivity (Wildman–Crippen MR) is 75.7 cm³/mol. The molecule has 6 heteroatoms. The number of aromatic nitrogens is 2. The summed E-state index contributed by atoms with van der Waals surface area (Å²) in [6.45, 7) is 0.288. The largest absolute Gasteiger partial charge is 0.508 e. The third-order valence-electron chi connectivity index (χ3n) is 2.42. The predicted octanol–water partition coefficient (Wildman–Crippen LogP) is 2.97. The number of aromatic hydroxyl groups is 1. The zero-order chi connectivity index (χ0) is 13.8. The van der Waals surface area contributed by atoms with Crippen molar-refractivity contribution in [3.05, 3.63) is 62.5 Å². The zero-order valence-electron chi connectivity index (χ0n) is 9.75. The minimum absolute atomic E-state index is 0.0327. The lowest BCUT2D eigenvalue weighted by atomic mass is 10.2. The number of rotatable bonds is 3. The number of nitrogens with zero attached hydrogens (tertiary/aromatic N) is 2. The molecule has 0 saturated heterocycles. The van der Waals surface area contributed by atoms with Gasteiger partial charge in [-0.3, -0.25) is 4.79 Å². The number of halogens is 2. The maximum absolute atomic E-state index is 11.7. The van der Waals surface area contributed by atoms with Crippen LogP contribution < -0.4 is 5.56 Å². The molecule has 2 aromatic rings. The van der Waals surface area contributed by atoms with Crippen LogP contribution in [-0.2, 0) is 6.54 Å². The van der Waals surface area contributed by atoms with Crippen LogP contribution in [0.25, 0.3) is 6.08 Å². The van der Waals surface area contributed by atoms with Crippen LogP contribution in [0.15, 0.2) is 41.3 Å². The molecular formula is C13H10Cl2N2O2. The summed E-state index contributed by atoms with van der Waals surface area (Å²) in [5, 5.41) is 13.1. The summed E-state index contributed by atoms with van der Waals surface area (Å²) in [4.78, 5) is 11.7. The average Bonchev–Trinajstić information content (AvgIpc) is 2.41. The summed E-state index contributed by atoms with van der Waals surface area (Å²) in [6.07, 6.45) is 4.92. The fourth-order valence-corrected chi connectivity index (χ4v) is 1.72. The molecule has 0 radical (unpaired) electrons. The van der Waals surface area contributed by atoms with E-state index in [0.29, 0.717) is 0 Å². The summed E-state index contributed by atoms with van der Waals surface area (Å²) >= 11 is 11.4. The molecule has 98 valence electrons. The van der Waals surface area contributed by atoms with Crippen molar-refractivity contribution in [2.75, 3.05) is 0 Å². The number of phenols is 1. The normalized spacial score (nSPS) is 11.1. The van der Waals surface area contributed by atoms with Crippen LogP contribution in [-0.4, -0.2) is 14.9 Å². The number of hydrogen-bond donors (Lipinski definition) is 1. The Balaban J connectivity index is 2.13. The molecule has 0 amide bonds. The monoisotopic (exact) mass is 296 g/mol. The lowest BCUT2D eigenvalue weighted by Gasteiger charge is -2.01. The van der Waals surface area contributed by atoms with E-state index < -0.39 is 5.56 Å². The molecule has 1 aromatic carbocycles. The van der Waals surface area contributed by atoms with Crippen molar-refractivity contribution >= 4 is 29.3 Å². The quantitative estimate of drug-likeness (QED) is 0.947. The molecule has 1 N–H and O–H groups in total. The van der Waals surface area contributed by atoms with E-state index in [1.807, 2.05) is 6.08 Å². The van der Waals surface area contributed by atoms with Crippen LogP contribution in [0.3, 0.4) is 0 Å². The molecule has 0 aliphatic rings. The minimum atomic E-state index is -0.426. The highest BCUT2D eigenvalue weighted by molar-refractivity contribution is 6.41. The Hall–Kier alpha value is -1.78. The van der Waals surface area contributed by atoms with Gasteiger partial charge in [-0.25, -0.2) is 4.68 Å². The molecule has 2 rings (SSSR count). The van der Waals surface area contributed by atoms with Crippen LogP contribution in [0.4, 0.5) is 0 Å². The summed E-state index contributed by atoms with van der Waals surface area (Å²) in [5.74, 6) is 0.208. The lowest BCUT2D eigenvalue weighted by Crippen LogP contribution is -2.22. The van der Waals surface area contributed by atoms with Gasteiger partial charge in [-0.1, -0.05) is 47.5 Å². The van der Waals surface area contributed by atoms with Gasteiger partial charge >= 0.3 is 0 Å². The summed E-state index contributed by atoms with van der Waals surface area (Å²) in [7, 11) is 0. The van der Waals surface area contributed by atoms with E-state index >= 15 is 0 Å². The van der Waals surface area contributed by atoms with E-state index in [9.17, 15) is 4.79 Å². The van der Waals surface area contributed by atoms with E-state index in [1.54, 1.807) is 30.3 Å². The van der Waals surface area contributed by atoms with Crippen molar-refractivity contribution < 1.29 is 5.11 Å². The number of allylic oxidation sites excluding steroid dienone is 1. The Labute approximate surface area is 119 Å². The molecule has 19 heavy (non-hydrogen) atoms. The Kier molecular flexibility index (Phi) is 4.24. The first-order valence-electron chi connectivity index (χ1n) is 5.44. The summed E-state index contributed by atoms with van der Waals surface area (Å²) < 4.78 is 1.21. The van der Waals surface area contributed by atoms with Crippen LogP contribution in [0.5, 0.6) is 5.75 Å². The molecule has 0 fully saturated rings. The van der Waals surface area contributed by atoms with Crippen LogP contribution in [0, 0.1) is 0 Å². The molecular weight excluding hydrogens is 287 g/mol. The molecule has 0 unspecified atom stereocenters. The first-order chi connectivity index (χ1) is 9.08. The molecule has 0 saturated carbocycles. The first-order valence-corrected chi connectivity index (χ1v) is 6.20. The van der Waals surface area contributed by atoms with Gasteiger partial charge in [0.25, 0.3) is 5.56 Å². The third-order valence-corrected chi connectivity index (χ3v) is 3.17. The topological polar surface area (TPSA) is 55.1 Å². The van der Waals surface area contributed by atoms with E-state index in [1.165, 1.54) is 10.9 Å². The highest BCUT2D eigenvalue weighted by Gasteiger charge is 2.05. The number of benzene rings is 1. The second-order valence-electron chi connectivity index (χ2n) is 3.79. The van der Waals surface area contributed by atoms with Crippen molar-refractivity contribution in [3.63, 3.8) is 0 Å². The molecule has 1 heterocycles. The van der Waals surface area contributed by atoms with Gasteiger partial charge in [0.05, 0.1) is 17.8 Å².